The summed E-state index contributed by atoms with van der Waals surface area (Å²) < 4.78 is 33.0. The molecule has 0 bridgehead atoms. The molecule has 1 amide bonds. The molecule has 3 aromatic carbocycles. The van der Waals surface area contributed by atoms with Crippen LogP contribution in [0.15, 0.2) is 95.9 Å². The average Bonchev–Trinajstić information content (AvgIpc) is 3.52. The number of esters is 1. The lowest BCUT2D eigenvalue weighted by Crippen LogP contribution is -2.16. The highest BCUT2D eigenvalue weighted by atomic mass is 79.9. The van der Waals surface area contributed by atoms with Crippen LogP contribution in [0.1, 0.15) is 34.2 Å². The maximum Gasteiger partial charge on any atom is 0.337 e. The molecule has 0 unspecified atom stereocenters. The van der Waals surface area contributed by atoms with Crippen molar-refractivity contribution in [3.63, 3.8) is 0 Å². The van der Waals surface area contributed by atoms with E-state index in [1.165, 1.54) is 13.2 Å². The molecule has 0 fully saturated rings. The van der Waals surface area contributed by atoms with Crippen LogP contribution in [0.5, 0.6) is 17.4 Å². The normalized spacial score (nSPS) is 10.7. The summed E-state index contributed by atoms with van der Waals surface area (Å²) in [5.41, 5.74) is 3.75. The highest BCUT2D eigenvalue weighted by molar-refractivity contribution is 9.10. The first-order chi connectivity index (χ1) is 22.3. The molecule has 0 spiro atoms. The Balaban J connectivity index is 1.19. The van der Waals surface area contributed by atoms with Crippen LogP contribution in [0.4, 0.5) is 15.8 Å². The number of aromatic nitrogens is 3. The average molecular weight is 689 g/mol. The quantitative estimate of drug-likeness (QED) is 0.125. The number of benzene rings is 3. The van der Waals surface area contributed by atoms with Crippen LogP contribution in [-0.4, -0.2) is 33.5 Å². The van der Waals surface area contributed by atoms with Gasteiger partial charge in [0.2, 0.25) is 11.8 Å². The summed E-state index contributed by atoms with van der Waals surface area (Å²) in [6, 6.07) is 21.8. The monoisotopic (exact) mass is 687 g/mol. The van der Waals surface area contributed by atoms with Gasteiger partial charge in [-0.2, -0.15) is 0 Å². The Bertz CT molecular complexity index is 1830. The molecule has 2 N–H and O–H groups in total. The van der Waals surface area contributed by atoms with Gasteiger partial charge in [0, 0.05) is 23.3 Å². The van der Waals surface area contributed by atoms with Gasteiger partial charge in [-0.3, -0.25) is 4.79 Å². The van der Waals surface area contributed by atoms with E-state index in [9.17, 15) is 14.0 Å². The van der Waals surface area contributed by atoms with Crippen molar-refractivity contribution in [1.82, 2.24) is 14.5 Å². The SMILES string of the molecule is CCn1cncc1CNc1cc(C(=O)OC)ccc1NC(=O)Cc1ccc(Oc2cccc(COc3ccc(Br)cc3F)n2)cc1. The van der Waals surface area contributed by atoms with Crippen molar-refractivity contribution in [1.29, 1.82) is 0 Å². The van der Waals surface area contributed by atoms with Crippen LogP contribution in [-0.2, 0) is 35.6 Å². The zero-order chi connectivity index (χ0) is 32.5. The van der Waals surface area contributed by atoms with Gasteiger partial charge in [0.25, 0.3) is 0 Å². The largest absolute Gasteiger partial charge is 0.484 e. The number of hydrogen-bond acceptors (Lipinski definition) is 8. The Morgan fingerprint density at radius 3 is 2.59 bits per heavy atom. The van der Waals surface area contributed by atoms with Crippen LogP contribution in [0, 0.1) is 5.82 Å². The number of methoxy groups -OCH3 is 1. The van der Waals surface area contributed by atoms with Crippen LogP contribution >= 0.6 is 15.9 Å². The number of imidazole rings is 1. The third-order valence-electron chi connectivity index (χ3n) is 6.88. The fraction of sp³-hybridized carbons (Fsp3) is 0.176. The lowest BCUT2D eigenvalue weighted by Gasteiger charge is -2.15. The van der Waals surface area contributed by atoms with Crippen LogP contribution in [0.2, 0.25) is 0 Å². The van der Waals surface area contributed by atoms with Gasteiger partial charge in [0.1, 0.15) is 12.4 Å². The van der Waals surface area contributed by atoms with Gasteiger partial charge in [-0.15, -0.1) is 0 Å². The number of pyridine rings is 1. The van der Waals surface area contributed by atoms with E-state index in [1.54, 1.807) is 85.3 Å². The van der Waals surface area contributed by atoms with E-state index in [1.807, 2.05) is 11.5 Å². The predicted molar refractivity (Wildman–Crippen MR) is 175 cm³/mol. The Morgan fingerprint density at radius 1 is 1.00 bits per heavy atom. The van der Waals surface area contributed by atoms with Gasteiger partial charge < -0.3 is 29.4 Å². The number of amides is 1. The third-order valence-corrected chi connectivity index (χ3v) is 7.37. The van der Waals surface area contributed by atoms with E-state index in [-0.39, 0.29) is 24.7 Å². The molecule has 0 aliphatic carbocycles. The summed E-state index contributed by atoms with van der Waals surface area (Å²) in [5.74, 6) is -0.182. The second-order valence-electron chi connectivity index (χ2n) is 10.1. The minimum atomic E-state index is -0.479. The van der Waals surface area contributed by atoms with E-state index in [0.717, 1.165) is 17.8 Å². The van der Waals surface area contributed by atoms with Crippen molar-refractivity contribution < 1.29 is 28.2 Å². The van der Waals surface area contributed by atoms with Gasteiger partial charge in [-0.1, -0.05) is 34.1 Å². The Morgan fingerprint density at radius 2 is 1.83 bits per heavy atom. The topological polar surface area (TPSA) is 117 Å². The number of carbonyl (C=O) groups excluding carboxylic acids is 2. The van der Waals surface area contributed by atoms with E-state index in [0.29, 0.717) is 45.3 Å². The summed E-state index contributed by atoms with van der Waals surface area (Å²) in [7, 11) is 1.32. The van der Waals surface area contributed by atoms with E-state index < -0.39 is 11.8 Å². The number of nitrogens with one attached hydrogen (secondary N) is 2. The van der Waals surface area contributed by atoms with E-state index >= 15 is 0 Å². The molecule has 0 saturated heterocycles. The van der Waals surface area contributed by atoms with Crippen molar-refractivity contribution in [2.75, 3.05) is 17.7 Å². The Kier molecular flexibility index (Phi) is 10.6. The van der Waals surface area contributed by atoms with E-state index in [2.05, 4.69) is 36.5 Å². The number of anilines is 2. The van der Waals surface area contributed by atoms with Gasteiger partial charge in [0.05, 0.1) is 54.7 Å². The molecule has 12 heteroatoms. The first-order valence-corrected chi connectivity index (χ1v) is 15.2. The first-order valence-electron chi connectivity index (χ1n) is 14.4. The van der Waals surface area contributed by atoms with Gasteiger partial charge in [-0.25, -0.2) is 19.2 Å². The highest BCUT2D eigenvalue weighted by Gasteiger charge is 2.14. The molecule has 0 aliphatic rings. The van der Waals surface area contributed by atoms with Crippen LogP contribution in [0.25, 0.3) is 0 Å². The molecule has 0 saturated carbocycles. The second kappa shape index (κ2) is 15.2. The van der Waals surface area contributed by atoms with E-state index in [4.69, 9.17) is 14.2 Å². The van der Waals surface area contributed by atoms with Gasteiger partial charge >= 0.3 is 5.97 Å². The molecular formula is C34H31BrFN5O5. The molecule has 5 rings (SSSR count). The minimum Gasteiger partial charge on any atom is -0.484 e. The molecule has 2 heterocycles. The molecule has 0 atom stereocenters. The number of ether oxygens (including phenoxy) is 3. The molecule has 0 aliphatic heterocycles. The molecule has 46 heavy (non-hydrogen) atoms. The van der Waals surface area contributed by atoms with Crippen molar-refractivity contribution >= 4 is 39.2 Å². The highest BCUT2D eigenvalue weighted by Crippen LogP contribution is 2.26. The van der Waals surface area contributed by atoms with Crippen LogP contribution < -0.4 is 20.1 Å². The number of nitrogens with zero attached hydrogens (tertiary/aromatic N) is 3. The molecule has 0 radical (unpaired) electrons. The van der Waals surface area contributed by atoms with Crippen molar-refractivity contribution in [3.05, 3.63) is 124 Å². The maximum absolute atomic E-state index is 14.1. The van der Waals surface area contributed by atoms with Crippen molar-refractivity contribution in [3.8, 4) is 17.4 Å². The second-order valence-corrected chi connectivity index (χ2v) is 11.0. The number of hydrogen-bond donors (Lipinski definition) is 2. The number of halogens is 2. The zero-order valence-electron chi connectivity index (χ0n) is 25.1. The zero-order valence-corrected chi connectivity index (χ0v) is 26.7. The smallest absolute Gasteiger partial charge is 0.337 e. The summed E-state index contributed by atoms with van der Waals surface area (Å²) in [6.45, 7) is 3.29. The fourth-order valence-corrected chi connectivity index (χ4v) is 4.86. The maximum atomic E-state index is 14.1. The molecular weight excluding hydrogens is 657 g/mol. The fourth-order valence-electron chi connectivity index (χ4n) is 4.52. The number of rotatable bonds is 13. The van der Waals surface area contributed by atoms with Crippen molar-refractivity contribution in [2.45, 2.75) is 33.0 Å². The van der Waals surface area contributed by atoms with Crippen LogP contribution in [0.3, 0.4) is 0 Å². The predicted octanol–water partition coefficient (Wildman–Crippen LogP) is 7.15. The molecule has 236 valence electrons. The third kappa shape index (κ3) is 8.48. The molecule has 5 aromatic rings. The lowest BCUT2D eigenvalue weighted by molar-refractivity contribution is -0.115. The van der Waals surface area contributed by atoms with Gasteiger partial charge in [-0.05, 0) is 67.1 Å². The summed E-state index contributed by atoms with van der Waals surface area (Å²) in [5, 5.41) is 6.24. The Labute approximate surface area is 273 Å². The molecule has 2 aromatic heterocycles. The number of aryl methyl sites for hydroxylation is 1. The first kappa shape index (κ1) is 32.2. The number of carbonyl (C=O) groups is 2. The molecule has 10 nitrogen and oxygen atoms in total. The lowest BCUT2D eigenvalue weighted by atomic mass is 10.1. The van der Waals surface area contributed by atoms with Gasteiger partial charge in [0.15, 0.2) is 11.6 Å². The summed E-state index contributed by atoms with van der Waals surface area (Å²) in [4.78, 5) is 33.8. The standard InChI is InChI=1S/C34H31BrFN5O5/c1-3-41-21-37-18-26(41)19-38-30-16-23(34(43)44-2)9-13-29(30)40-32(42)15-22-7-11-27(12-8-22)46-33-6-4-5-25(39-33)20-45-31-14-10-24(35)17-28(31)36/h4-14,16-18,21,38H,3,15,19-20H2,1-2H3,(H,40,42). The Hall–Kier alpha value is -5.23. The summed E-state index contributed by atoms with van der Waals surface area (Å²) in [6.07, 6.45) is 3.62. The minimum absolute atomic E-state index is 0.0654. The summed E-state index contributed by atoms with van der Waals surface area (Å²) >= 11 is 3.23. The van der Waals surface area contributed by atoms with Crippen molar-refractivity contribution in [2.24, 2.45) is 0 Å².